The molecule has 21 rings (SSSR count). The number of rotatable bonds is 28. The van der Waals surface area contributed by atoms with E-state index in [0.717, 1.165) is 193 Å². The number of fused-ring (bicyclic) bond motifs is 4. The highest BCUT2D eigenvalue weighted by Crippen LogP contribution is 2.39. The number of likely N-dealkylation sites (N-methyl/N-ethyl adjacent to an activating group) is 1. The molecule has 5 aliphatic rings. The Balaban J connectivity index is 0.000000131. The number of piperazine rings is 3. The first-order valence-corrected chi connectivity index (χ1v) is 49.7. The number of pyridine rings is 4. The highest BCUT2D eigenvalue weighted by molar-refractivity contribution is 6.01. The summed E-state index contributed by atoms with van der Waals surface area (Å²) in [6.07, 6.45) is 23.6. The summed E-state index contributed by atoms with van der Waals surface area (Å²) in [6.45, 7) is 25.0. The molecule has 45 nitrogen and oxygen atoms in total. The van der Waals surface area contributed by atoms with Crippen LogP contribution in [0.4, 0.5) is 48.7 Å². The first kappa shape index (κ1) is 103. The molecule has 6 amide bonds. The van der Waals surface area contributed by atoms with E-state index in [-0.39, 0.29) is 68.8 Å². The van der Waals surface area contributed by atoms with Crippen LogP contribution < -0.4 is 30.9 Å². The highest BCUT2D eigenvalue weighted by atomic mass is 16.6. The molecule has 0 bridgehead atoms. The number of imidazole rings is 4. The molecule has 774 valence electrons. The zero-order chi connectivity index (χ0) is 104. The third-order valence-electron chi connectivity index (χ3n) is 25.3. The van der Waals surface area contributed by atoms with Crippen LogP contribution in [0.2, 0.25) is 0 Å². The molecule has 1 atom stereocenters. The Hall–Kier alpha value is -17.0. The van der Waals surface area contributed by atoms with Crippen LogP contribution in [-0.4, -0.2) is 343 Å². The van der Waals surface area contributed by atoms with Crippen molar-refractivity contribution < 1.29 is 66.7 Å². The molecule has 0 saturated carbocycles. The molecule has 12 aromatic heterocycles. The van der Waals surface area contributed by atoms with Gasteiger partial charge in [0.1, 0.15) is 47.1 Å². The van der Waals surface area contributed by atoms with Crippen LogP contribution in [0.5, 0.6) is 5.75 Å². The summed E-state index contributed by atoms with van der Waals surface area (Å²) in [5.41, 5.74) is 18.7. The van der Waals surface area contributed by atoms with Crippen molar-refractivity contribution in [3.63, 3.8) is 0 Å². The molecule has 5 fully saturated rings. The van der Waals surface area contributed by atoms with E-state index in [2.05, 4.69) is 149 Å². The predicted molar refractivity (Wildman–Crippen MR) is 561 cm³/mol. The molecule has 0 radical (unpaired) electrons. The molecule has 17 heterocycles. The van der Waals surface area contributed by atoms with E-state index >= 15 is 0 Å². The van der Waals surface area contributed by atoms with Gasteiger partial charge in [-0.2, -0.15) is 0 Å². The number of methoxy groups -OCH3 is 1. The van der Waals surface area contributed by atoms with Crippen molar-refractivity contribution in [3.05, 3.63) is 207 Å². The number of morpholine rings is 1. The monoisotopic (exact) mass is 2030 g/mol. The molecule has 0 spiro atoms. The van der Waals surface area contributed by atoms with E-state index in [9.17, 15) is 28.8 Å². The Labute approximate surface area is 861 Å². The van der Waals surface area contributed by atoms with Crippen LogP contribution in [0.25, 0.3) is 134 Å². The van der Waals surface area contributed by atoms with E-state index in [1.165, 1.54) is 7.11 Å². The minimum Gasteiger partial charge on any atom is -0.491 e. The quantitative estimate of drug-likeness (QED) is 0.0211. The van der Waals surface area contributed by atoms with Gasteiger partial charge in [0.2, 0.25) is 29.7 Å². The van der Waals surface area contributed by atoms with Gasteiger partial charge < -0.3 is 77.4 Å². The average molecular weight is 2040 g/mol. The number of aromatic amines is 4. The smallest absolute Gasteiger partial charge is 0.413 e. The topological polar surface area (TPSA) is 516 Å². The van der Waals surface area contributed by atoms with Gasteiger partial charge in [-0.3, -0.25) is 65.5 Å². The number of nitrogens with one attached hydrogen (secondary N) is 8. The standard InChI is InChI=1S/C29H32N8O4.C27H30N8O4.C25H27N7O4.C24H26N8O2/c1-2-40-29(39)35-28-33-23-16-20(15-22(25(23)34-28)26-30-8-4-9-31-26)19-6-7-21(32-17-19)18-36-10-12-37(13-11-36)27(38)24-5-3-14-41-24;1-3-39-27(37)33-26-31-22-14-19(13-21(24(22)32-26)25-28-7-4-8-29-25)18-5-6-20(30-15-18)16-34-9-11-35(12-10-34)23(36)17-38-2;1-2-35-25(33)31-24-29-21-14-17(13-20(22(21)30-24)23-27-4-3-5-28-23)18-12-19(16-26-15-18)36-11-8-32-6-9-34-10-7-32;1-3-34-24(33)30-23-28-20-13-16(12-19(21(20)29-23)22-26-5-4-6-27-22)17-11-18(15-25-14-17)32-9-7-31(2)8-10-32/h4,6-9,15-17,24H,2-3,5,10-14,18H2,1H3,(H2,33,34,35,39);4-8,13-15H,3,9-12,16-17H2,1-2H3,(H2,31,32,33,37);3-5,12-16H,2,6-11H2,1H3,(H2,29,30,31,33);4-6,11-15H,3,7-10H2,1-2H3,(H2,28,29,30,33). The minimum absolute atomic E-state index is 0.0259. The number of amides is 6. The first-order valence-electron chi connectivity index (χ1n) is 49.7. The van der Waals surface area contributed by atoms with Gasteiger partial charge in [0.05, 0.1) is 91.2 Å². The number of hydrogen-bond acceptors (Lipinski definition) is 35. The van der Waals surface area contributed by atoms with Crippen molar-refractivity contribution in [2.45, 2.75) is 59.7 Å². The maximum Gasteiger partial charge on any atom is 0.413 e. The van der Waals surface area contributed by atoms with Crippen molar-refractivity contribution in [1.82, 2.24) is 129 Å². The zero-order valence-electron chi connectivity index (χ0n) is 83.9. The molecule has 150 heavy (non-hydrogen) atoms. The molecule has 5 saturated heterocycles. The molecule has 1 unspecified atom stereocenters. The molecule has 16 aromatic rings. The van der Waals surface area contributed by atoms with Gasteiger partial charge in [-0.05, 0) is 167 Å². The van der Waals surface area contributed by atoms with Crippen molar-refractivity contribution >= 4 is 110 Å². The summed E-state index contributed by atoms with van der Waals surface area (Å²) in [6, 6.07) is 35.1. The van der Waals surface area contributed by atoms with E-state index in [0.29, 0.717) is 121 Å². The first-order chi connectivity index (χ1) is 73.4. The van der Waals surface area contributed by atoms with Crippen molar-refractivity contribution in [2.75, 3.05) is 198 Å². The summed E-state index contributed by atoms with van der Waals surface area (Å²) >= 11 is 0. The number of ether oxygens (including phenoxy) is 8. The second-order valence-electron chi connectivity index (χ2n) is 35.4. The van der Waals surface area contributed by atoms with Crippen LogP contribution in [-0.2, 0) is 55.8 Å². The number of nitrogens with zero attached hydrogens (tertiary/aromatic N) is 23. The van der Waals surface area contributed by atoms with Gasteiger partial charge in [0, 0.05) is 244 Å². The fourth-order valence-corrected chi connectivity index (χ4v) is 17.8. The largest absolute Gasteiger partial charge is 0.491 e. The molecule has 4 aromatic carbocycles. The van der Waals surface area contributed by atoms with Gasteiger partial charge >= 0.3 is 24.4 Å². The average Bonchev–Trinajstić information content (AvgIpc) is 1.62. The van der Waals surface area contributed by atoms with Gasteiger partial charge in [0.15, 0.2) is 23.3 Å². The number of carbonyl (C=O) groups excluding carboxylic acids is 6. The predicted octanol–water partition coefficient (Wildman–Crippen LogP) is 13.2. The summed E-state index contributed by atoms with van der Waals surface area (Å²) in [5, 5.41) is 10.5. The van der Waals surface area contributed by atoms with Crippen LogP contribution in [0.1, 0.15) is 51.9 Å². The number of hydrogen-bond donors (Lipinski definition) is 8. The summed E-state index contributed by atoms with van der Waals surface area (Å²) in [5.74, 6) is 4.07. The van der Waals surface area contributed by atoms with Gasteiger partial charge in [0.25, 0.3) is 5.91 Å². The van der Waals surface area contributed by atoms with Gasteiger partial charge in [-0.25, -0.2) is 79.0 Å². The van der Waals surface area contributed by atoms with E-state index < -0.39 is 24.4 Å². The third-order valence-corrected chi connectivity index (χ3v) is 25.3. The maximum absolute atomic E-state index is 12.6. The molecular formula is C105H115N31O14. The lowest BCUT2D eigenvalue weighted by Gasteiger charge is -2.35. The summed E-state index contributed by atoms with van der Waals surface area (Å²) < 4.78 is 41.8. The third kappa shape index (κ3) is 26.5. The Morgan fingerprint density at radius 3 is 1.15 bits per heavy atom. The fourth-order valence-electron chi connectivity index (χ4n) is 17.8. The summed E-state index contributed by atoms with van der Waals surface area (Å²) in [7, 11) is 3.68. The lowest BCUT2D eigenvalue weighted by Crippen LogP contribution is -2.51. The fraction of sp³-hybridized carbons (Fsp3) is 0.333. The Morgan fingerprint density at radius 1 is 0.393 bits per heavy atom. The molecule has 0 aliphatic carbocycles. The van der Waals surface area contributed by atoms with E-state index in [4.69, 9.17) is 47.9 Å². The van der Waals surface area contributed by atoms with E-state index in [1.807, 2.05) is 113 Å². The molecule has 8 N–H and O–H groups in total. The number of anilines is 5. The molecule has 45 heteroatoms. The normalized spacial score (nSPS) is 15.1. The second kappa shape index (κ2) is 49.9. The second-order valence-corrected chi connectivity index (χ2v) is 35.4. The lowest BCUT2D eigenvalue weighted by atomic mass is 10.0. The number of H-pyrrole nitrogens is 4. The SMILES string of the molecule is CCOC(=O)Nc1nc2c(-c3ncccn3)cc(-c3ccc(CN4CCN(C(=O)C5CCCO5)CC4)nc3)cc2[nH]1.CCOC(=O)Nc1nc2c(-c3ncccn3)cc(-c3ccc(CN4CCN(C(=O)COC)CC4)nc3)cc2[nH]1.CCOC(=O)Nc1nc2c(-c3ncccn3)cc(-c3cncc(N4CCN(C)CC4)c3)cc2[nH]1.CCOC(=O)Nc1nc2c(-c3ncccn3)cc(-c3cncc(OCCN4CCOCC4)c3)cc2[nH]1. The Morgan fingerprint density at radius 2 is 0.780 bits per heavy atom. The van der Waals surface area contributed by atoms with Crippen LogP contribution in [0.15, 0.2) is 196 Å². The van der Waals surface area contributed by atoms with E-state index in [1.54, 1.807) is 114 Å². The van der Waals surface area contributed by atoms with Crippen LogP contribution in [0, 0.1) is 0 Å². The van der Waals surface area contributed by atoms with Crippen molar-refractivity contribution in [3.8, 4) is 95.8 Å². The van der Waals surface area contributed by atoms with Gasteiger partial charge in [-0.1, -0.05) is 12.1 Å². The highest BCUT2D eigenvalue weighted by Gasteiger charge is 2.32. The zero-order valence-corrected chi connectivity index (χ0v) is 83.9. The van der Waals surface area contributed by atoms with Crippen LogP contribution >= 0.6 is 0 Å². The van der Waals surface area contributed by atoms with Crippen molar-refractivity contribution in [2.24, 2.45) is 0 Å². The van der Waals surface area contributed by atoms with Crippen molar-refractivity contribution in [1.29, 1.82) is 0 Å². The summed E-state index contributed by atoms with van der Waals surface area (Å²) in [4.78, 5) is 172. The number of aromatic nitrogens is 20. The number of benzene rings is 4. The van der Waals surface area contributed by atoms with Gasteiger partial charge in [-0.15, -0.1) is 0 Å². The lowest BCUT2D eigenvalue weighted by molar-refractivity contribution is -0.142. The minimum atomic E-state index is -0.586. The number of carbonyl (C=O) groups is 6. The molecular weight excluding hydrogens is 1920 g/mol. The molecule has 5 aliphatic heterocycles. The maximum atomic E-state index is 12.6. The Kier molecular flexibility index (Phi) is 34.3. The van der Waals surface area contributed by atoms with Crippen LogP contribution in [0.3, 0.4) is 0 Å². The Bertz CT molecular complexity index is 7290.